The average molecular weight is 272 g/mol. The number of aryl methyl sites for hydroxylation is 1. The monoisotopic (exact) mass is 272 g/mol. The third kappa shape index (κ3) is 2.73. The molecule has 0 spiro atoms. The van der Waals surface area contributed by atoms with Gasteiger partial charge in [0.25, 0.3) is 10.0 Å². The molecular weight excluding hydrogens is 252 g/mol. The van der Waals surface area contributed by atoms with Gasteiger partial charge in [0, 0.05) is 24.3 Å². The zero-order chi connectivity index (χ0) is 13.4. The highest BCUT2D eigenvalue weighted by Gasteiger charge is 2.38. The van der Waals surface area contributed by atoms with E-state index in [1.54, 1.807) is 7.05 Å². The third-order valence-electron chi connectivity index (χ3n) is 3.44. The number of sulfonamides is 1. The molecule has 18 heavy (non-hydrogen) atoms. The second-order valence-corrected chi connectivity index (χ2v) is 6.98. The standard InChI is InChI=1S/C11H20N4O2S/c1-8-9(6-12-3)10(15-14-8)18(16,17)13-7-11(2)4-5-11/h12-13H,4-7H2,1-3H3,(H,14,15). The van der Waals surface area contributed by atoms with Gasteiger partial charge in [-0.2, -0.15) is 5.10 Å². The Hall–Kier alpha value is -0.920. The van der Waals surface area contributed by atoms with Gasteiger partial charge in [0.05, 0.1) is 0 Å². The van der Waals surface area contributed by atoms with Gasteiger partial charge >= 0.3 is 0 Å². The van der Waals surface area contributed by atoms with Gasteiger partial charge < -0.3 is 5.32 Å². The minimum absolute atomic E-state index is 0.110. The van der Waals surface area contributed by atoms with Crippen LogP contribution < -0.4 is 10.0 Å². The topological polar surface area (TPSA) is 86.9 Å². The molecule has 1 aromatic heterocycles. The molecule has 0 amide bonds. The number of hydrogen-bond acceptors (Lipinski definition) is 4. The van der Waals surface area contributed by atoms with E-state index in [1.807, 2.05) is 6.92 Å². The van der Waals surface area contributed by atoms with Crippen molar-refractivity contribution < 1.29 is 8.42 Å². The summed E-state index contributed by atoms with van der Waals surface area (Å²) in [6.07, 6.45) is 2.16. The zero-order valence-electron chi connectivity index (χ0n) is 11.0. The quantitative estimate of drug-likeness (QED) is 0.704. The van der Waals surface area contributed by atoms with E-state index in [2.05, 4.69) is 27.2 Å². The molecule has 0 aromatic carbocycles. The minimum Gasteiger partial charge on any atom is -0.316 e. The summed E-state index contributed by atoms with van der Waals surface area (Å²) < 4.78 is 27.0. The van der Waals surface area contributed by atoms with Crippen LogP contribution in [0.25, 0.3) is 0 Å². The van der Waals surface area contributed by atoms with Crippen LogP contribution in [0, 0.1) is 12.3 Å². The predicted molar refractivity (Wildman–Crippen MR) is 68.6 cm³/mol. The fourth-order valence-electron chi connectivity index (χ4n) is 1.77. The molecule has 102 valence electrons. The lowest BCUT2D eigenvalue weighted by atomic mass is 10.2. The smallest absolute Gasteiger partial charge is 0.260 e. The van der Waals surface area contributed by atoms with Gasteiger partial charge in [-0.1, -0.05) is 6.92 Å². The van der Waals surface area contributed by atoms with Crippen molar-refractivity contribution in [1.29, 1.82) is 0 Å². The highest BCUT2D eigenvalue weighted by molar-refractivity contribution is 7.89. The van der Waals surface area contributed by atoms with Crippen LogP contribution in [0.1, 0.15) is 31.0 Å². The number of nitrogens with one attached hydrogen (secondary N) is 3. The minimum atomic E-state index is -3.52. The number of rotatable bonds is 6. The molecule has 1 heterocycles. The first-order valence-electron chi connectivity index (χ1n) is 6.06. The summed E-state index contributed by atoms with van der Waals surface area (Å²) in [6.45, 7) is 4.87. The molecule has 2 rings (SSSR count). The van der Waals surface area contributed by atoms with Crippen molar-refractivity contribution in [2.75, 3.05) is 13.6 Å². The van der Waals surface area contributed by atoms with Gasteiger partial charge in [-0.15, -0.1) is 0 Å². The van der Waals surface area contributed by atoms with E-state index in [1.165, 1.54) is 0 Å². The molecule has 0 unspecified atom stereocenters. The first-order valence-corrected chi connectivity index (χ1v) is 7.54. The summed E-state index contributed by atoms with van der Waals surface area (Å²) in [4.78, 5) is 0. The Bertz CT molecular complexity index is 531. The van der Waals surface area contributed by atoms with Crippen molar-refractivity contribution in [1.82, 2.24) is 20.2 Å². The Kier molecular flexibility index (Phi) is 3.48. The van der Waals surface area contributed by atoms with Crippen molar-refractivity contribution in [2.24, 2.45) is 5.41 Å². The molecule has 0 bridgehead atoms. The highest BCUT2D eigenvalue weighted by atomic mass is 32.2. The third-order valence-corrected chi connectivity index (χ3v) is 4.81. The van der Waals surface area contributed by atoms with Crippen LogP contribution in [0.3, 0.4) is 0 Å². The Morgan fingerprint density at radius 1 is 1.44 bits per heavy atom. The van der Waals surface area contributed by atoms with E-state index < -0.39 is 10.0 Å². The van der Waals surface area contributed by atoms with Crippen LogP contribution in [0.15, 0.2) is 5.03 Å². The first kappa shape index (κ1) is 13.5. The van der Waals surface area contributed by atoms with Crippen molar-refractivity contribution in [2.45, 2.75) is 38.3 Å². The van der Waals surface area contributed by atoms with Gasteiger partial charge in [0.15, 0.2) is 5.03 Å². The summed E-state index contributed by atoms with van der Waals surface area (Å²) in [6, 6.07) is 0. The summed E-state index contributed by atoms with van der Waals surface area (Å²) in [5.41, 5.74) is 1.62. The molecule has 3 N–H and O–H groups in total. The van der Waals surface area contributed by atoms with E-state index >= 15 is 0 Å². The first-order chi connectivity index (χ1) is 8.38. The molecule has 0 atom stereocenters. The van der Waals surface area contributed by atoms with Crippen LogP contribution in [0.4, 0.5) is 0 Å². The summed E-state index contributed by atoms with van der Waals surface area (Å²) in [5.74, 6) is 0. The van der Waals surface area contributed by atoms with E-state index in [0.29, 0.717) is 18.7 Å². The maximum absolute atomic E-state index is 12.2. The SMILES string of the molecule is CNCc1c(S(=O)(=O)NCC2(C)CC2)n[nH]c1C. The van der Waals surface area contributed by atoms with Crippen LogP contribution in [-0.4, -0.2) is 32.2 Å². The van der Waals surface area contributed by atoms with E-state index in [4.69, 9.17) is 0 Å². The van der Waals surface area contributed by atoms with Gasteiger partial charge in [-0.25, -0.2) is 13.1 Å². The predicted octanol–water partition coefficient (Wildman–Crippen LogP) is 0.516. The highest BCUT2D eigenvalue weighted by Crippen LogP contribution is 2.44. The molecule has 0 radical (unpaired) electrons. The van der Waals surface area contributed by atoms with Crippen molar-refractivity contribution in [3.8, 4) is 0 Å². The maximum atomic E-state index is 12.2. The molecule has 1 fully saturated rings. The lowest BCUT2D eigenvalue weighted by Gasteiger charge is -2.10. The number of nitrogens with zero attached hydrogens (tertiary/aromatic N) is 1. The van der Waals surface area contributed by atoms with Crippen LogP contribution in [-0.2, 0) is 16.6 Å². The van der Waals surface area contributed by atoms with E-state index in [0.717, 1.165) is 18.5 Å². The normalized spacial score (nSPS) is 17.9. The number of aromatic amines is 1. The Morgan fingerprint density at radius 2 is 2.11 bits per heavy atom. The molecule has 1 saturated carbocycles. The molecule has 1 aliphatic rings. The Balaban J connectivity index is 2.18. The molecule has 1 aliphatic carbocycles. The molecule has 0 aliphatic heterocycles. The van der Waals surface area contributed by atoms with Crippen LogP contribution in [0.5, 0.6) is 0 Å². The number of aromatic nitrogens is 2. The number of H-pyrrole nitrogens is 1. The van der Waals surface area contributed by atoms with Gasteiger partial charge in [-0.3, -0.25) is 5.10 Å². The van der Waals surface area contributed by atoms with Crippen LogP contribution >= 0.6 is 0 Å². The fourth-order valence-corrected chi connectivity index (χ4v) is 3.16. The summed E-state index contributed by atoms with van der Waals surface area (Å²) in [7, 11) is -1.74. The van der Waals surface area contributed by atoms with E-state index in [9.17, 15) is 8.42 Å². The summed E-state index contributed by atoms with van der Waals surface area (Å²) in [5, 5.41) is 9.71. The van der Waals surface area contributed by atoms with Crippen molar-refractivity contribution in [3.05, 3.63) is 11.3 Å². The lowest BCUT2D eigenvalue weighted by Crippen LogP contribution is -2.30. The summed E-state index contributed by atoms with van der Waals surface area (Å²) >= 11 is 0. The number of hydrogen-bond donors (Lipinski definition) is 3. The van der Waals surface area contributed by atoms with Crippen molar-refractivity contribution >= 4 is 10.0 Å². The Morgan fingerprint density at radius 3 is 2.67 bits per heavy atom. The maximum Gasteiger partial charge on any atom is 0.260 e. The van der Waals surface area contributed by atoms with E-state index in [-0.39, 0.29) is 10.4 Å². The van der Waals surface area contributed by atoms with Gasteiger partial charge in [0.1, 0.15) is 0 Å². The zero-order valence-corrected chi connectivity index (χ0v) is 11.8. The van der Waals surface area contributed by atoms with Crippen molar-refractivity contribution in [3.63, 3.8) is 0 Å². The fraction of sp³-hybridized carbons (Fsp3) is 0.727. The second-order valence-electron chi connectivity index (χ2n) is 5.30. The average Bonchev–Trinajstić information content (AvgIpc) is 2.93. The largest absolute Gasteiger partial charge is 0.316 e. The second kappa shape index (κ2) is 4.64. The molecule has 6 nitrogen and oxygen atoms in total. The molecule has 7 heteroatoms. The van der Waals surface area contributed by atoms with Gasteiger partial charge in [-0.05, 0) is 32.2 Å². The molecule has 1 aromatic rings. The lowest BCUT2D eigenvalue weighted by molar-refractivity contribution is 0.527. The van der Waals surface area contributed by atoms with Gasteiger partial charge in [0.2, 0.25) is 0 Å². The van der Waals surface area contributed by atoms with Crippen LogP contribution in [0.2, 0.25) is 0 Å². The Labute approximate surface area is 108 Å². The molecular formula is C11H20N4O2S. The molecule has 0 saturated heterocycles.